The zero-order valence-corrected chi connectivity index (χ0v) is 23.8. The maximum Gasteiger partial charge on any atom is 0.416 e. The first kappa shape index (κ1) is 28.3. The fourth-order valence-corrected chi connectivity index (χ4v) is 5.60. The van der Waals surface area contributed by atoms with Crippen molar-refractivity contribution in [1.82, 2.24) is 19.2 Å². The van der Waals surface area contributed by atoms with Crippen LogP contribution in [0, 0.1) is 0 Å². The van der Waals surface area contributed by atoms with Crippen molar-refractivity contribution in [3.05, 3.63) is 118 Å². The molecular weight excluding hydrogens is 584 g/mol. The molecule has 3 aromatic carbocycles. The smallest absolute Gasteiger partial charge is 0.336 e. The van der Waals surface area contributed by atoms with Crippen LogP contribution in [0.3, 0.4) is 0 Å². The lowest BCUT2D eigenvalue weighted by molar-refractivity contribution is -0.137. The molecule has 6 rings (SSSR count). The average molecular weight is 609 g/mol. The Kier molecular flexibility index (Phi) is 7.70. The van der Waals surface area contributed by atoms with Gasteiger partial charge in [0.15, 0.2) is 0 Å². The first-order valence-corrected chi connectivity index (χ1v) is 14.1. The summed E-state index contributed by atoms with van der Waals surface area (Å²) in [7, 11) is 0. The zero-order chi connectivity index (χ0) is 29.4. The fourth-order valence-electron chi connectivity index (χ4n) is 5.26. The van der Waals surface area contributed by atoms with Gasteiger partial charge in [-0.15, -0.1) is 0 Å². The molecule has 1 saturated heterocycles. The van der Waals surface area contributed by atoms with E-state index in [0.717, 1.165) is 29.1 Å². The van der Waals surface area contributed by atoms with Gasteiger partial charge in [0, 0.05) is 49.5 Å². The highest BCUT2D eigenvalue weighted by atomic mass is 35.5. The van der Waals surface area contributed by atoms with Crippen LogP contribution in [0.1, 0.15) is 21.6 Å². The molecule has 1 fully saturated rings. The molecule has 0 spiro atoms. The molecule has 42 heavy (non-hydrogen) atoms. The summed E-state index contributed by atoms with van der Waals surface area (Å²) in [6.07, 6.45) is -2.60. The number of benzene rings is 3. The van der Waals surface area contributed by atoms with Gasteiger partial charge in [0.05, 0.1) is 27.5 Å². The van der Waals surface area contributed by atoms with E-state index in [0.29, 0.717) is 65.1 Å². The molecule has 1 aliphatic rings. The van der Waals surface area contributed by atoms with Crippen molar-refractivity contribution >= 4 is 34.8 Å². The van der Waals surface area contributed by atoms with E-state index >= 15 is 0 Å². The van der Waals surface area contributed by atoms with E-state index in [9.17, 15) is 18.0 Å². The van der Waals surface area contributed by atoms with Crippen LogP contribution in [-0.2, 0) is 12.7 Å². The first-order valence-electron chi connectivity index (χ1n) is 13.4. The SMILES string of the molecule is O=C(c1ccccc1Cl)N1CCN(Cc2c(-c3ccc(Cl)cc3)nc3ccc(-c4cccc(C(F)(F)F)c4)cn23)CC1. The van der Waals surface area contributed by atoms with Crippen molar-refractivity contribution < 1.29 is 18.0 Å². The number of alkyl halides is 3. The lowest BCUT2D eigenvalue weighted by atomic mass is 10.0. The number of nitrogens with zero attached hydrogens (tertiary/aromatic N) is 4. The van der Waals surface area contributed by atoms with Crippen LogP contribution in [0.4, 0.5) is 13.2 Å². The van der Waals surface area contributed by atoms with Gasteiger partial charge in [-0.2, -0.15) is 13.2 Å². The molecule has 0 atom stereocenters. The standard InChI is InChI=1S/C32H25Cl2F3N4O/c33-25-11-8-21(9-12-25)30-28(20-39-14-16-40(17-15-39)31(42)26-6-1-2-7-27(26)34)41-19-23(10-13-29(41)38-30)22-4-3-5-24(18-22)32(35,36)37/h1-13,18-19H,14-17,20H2. The number of imidazole rings is 1. The van der Waals surface area contributed by atoms with Gasteiger partial charge in [-0.3, -0.25) is 9.69 Å². The van der Waals surface area contributed by atoms with E-state index in [4.69, 9.17) is 28.2 Å². The number of piperazine rings is 1. The van der Waals surface area contributed by atoms with Crippen molar-refractivity contribution in [2.75, 3.05) is 26.2 Å². The van der Waals surface area contributed by atoms with Crippen molar-refractivity contribution in [3.8, 4) is 22.4 Å². The summed E-state index contributed by atoms with van der Waals surface area (Å²) < 4.78 is 42.2. The normalized spacial score (nSPS) is 14.5. The van der Waals surface area contributed by atoms with Crippen LogP contribution < -0.4 is 0 Å². The molecule has 5 aromatic rings. The molecule has 5 nitrogen and oxygen atoms in total. The monoisotopic (exact) mass is 608 g/mol. The molecule has 1 amide bonds. The second-order valence-corrected chi connectivity index (χ2v) is 11.0. The number of hydrogen-bond acceptors (Lipinski definition) is 3. The molecule has 2 aromatic heterocycles. The van der Waals surface area contributed by atoms with Crippen LogP contribution >= 0.6 is 23.2 Å². The number of carbonyl (C=O) groups excluding carboxylic acids is 1. The topological polar surface area (TPSA) is 40.9 Å². The molecule has 0 aliphatic carbocycles. The molecule has 214 valence electrons. The summed E-state index contributed by atoms with van der Waals surface area (Å²) in [4.78, 5) is 22.0. The van der Waals surface area contributed by atoms with Gasteiger partial charge in [0.2, 0.25) is 0 Å². The maximum atomic E-state index is 13.4. The van der Waals surface area contributed by atoms with Crippen LogP contribution in [0.25, 0.3) is 28.0 Å². The van der Waals surface area contributed by atoms with Gasteiger partial charge >= 0.3 is 6.18 Å². The van der Waals surface area contributed by atoms with Gasteiger partial charge in [-0.1, -0.05) is 59.6 Å². The van der Waals surface area contributed by atoms with Crippen molar-refractivity contribution in [3.63, 3.8) is 0 Å². The fraction of sp³-hybridized carbons (Fsp3) is 0.188. The predicted octanol–water partition coefficient (Wildman–Crippen LogP) is 7.95. The van der Waals surface area contributed by atoms with Crippen molar-refractivity contribution in [1.29, 1.82) is 0 Å². The van der Waals surface area contributed by atoms with E-state index in [2.05, 4.69) is 4.90 Å². The Morgan fingerprint density at radius 2 is 1.52 bits per heavy atom. The molecule has 10 heteroatoms. The number of fused-ring (bicyclic) bond motifs is 1. The minimum atomic E-state index is -4.43. The Labute approximate surface area is 250 Å². The van der Waals surface area contributed by atoms with Crippen LogP contribution in [0.5, 0.6) is 0 Å². The van der Waals surface area contributed by atoms with E-state index in [1.54, 1.807) is 53.4 Å². The van der Waals surface area contributed by atoms with E-state index in [-0.39, 0.29) is 5.91 Å². The molecule has 3 heterocycles. The van der Waals surface area contributed by atoms with Gasteiger partial charge < -0.3 is 9.30 Å². The number of hydrogen-bond donors (Lipinski definition) is 0. The van der Waals surface area contributed by atoms with Crippen molar-refractivity contribution in [2.45, 2.75) is 12.7 Å². The Morgan fingerprint density at radius 1 is 0.810 bits per heavy atom. The highest BCUT2D eigenvalue weighted by Crippen LogP contribution is 2.33. The quantitative estimate of drug-likeness (QED) is 0.203. The van der Waals surface area contributed by atoms with E-state index in [1.807, 2.05) is 28.8 Å². The predicted molar refractivity (Wildman–Crippen MR) is 159 cm³/mol. The number of amides is 1. The summed E-state index contributed by atoms with van der Waals surface area (Å²) in [5.41, 5.74) is 4.12. The van der Waals surface area contributed by atoms with E-state index in [1.165, 1.54) is 6.07 Å². The second-order valence-electron chi connectivity index (χ2n) is 10.2. The molecule has 0 saturated carbocycles. The van der Waals surface area contributed by atoms with Gasteiger partial charge in [0.1, 0.15) is 5.65 Å². The molecule has 0 radical (unpaired) electrons. The molecule has 0 bridgehead atoms. The van der Waals surface area contributed by atoms with Gasteiger partial charge in [0.25, 0.3) is 5.91 Å². The highest BCUT2D eigenvalue weighted by molar-refractivity contribution is 6.33. The zero-order valence-electron chi connectivity index (χ0n) is 22.3. The summed E-state index contributed by atoms with van der Waals surface area (Å²) in [5.74, 6) is -0.0948. The molecule has 0 N–H and O–H groups in total. The largest absolute Gasteiger partial charge is 0.416 e. The summed E-state index contributed by atoms with van der Waals surface area (Å²) in [5, 5.41) is 1.04. The first-order chi connectivity index (χ1) is 20.2. The highest BCUT2D eigenvalue weighted by Gasteiger charge is 2.30. The number of carbonyl (C=O) groups is 1. The van der Waals surface area contributed by atoms with Gasteiger partial charge in [-0.25, -0.2) is 4.98 Å². The number of halogens is 5. The second kappa shape index (κ2) is 11.4. The number of pyridine rings is 1. The molecule has 1 aliphatic heterocycles. The number of aromatic nitrogens is 2. The number of rotatable bonds is 5. The van der Waals surface area contributed by atoms with Gasteiger partial charge in [-0.05, 0) is 59.7 Å². The Hall–Kier alpha value is -3.85. The minimum Gasteiger partial charge on any atom is -0.336 e. The van der Waals surface area contributed by atoms with E-state index < -0.39 is 11.7 Å². The maximum absolute atomic E-state index is 13.4. The van der Waals surface area contributed by atoms with Crippen LogP contribution in [0.15, 0.2) is 91.1 Å². The van der Waals surface area contributed by atoms with Crippen molar-refractivity contribution in [2.24, 2.45) is 0 Å². The lowest BCUT2D eigenvalue weighted by Gasteiger charge is -2.35. The molecule has 0 unspecified atom stereocenters. The minimum absolute atomic E-state index is 0.0948. The Bertz CT molecular complexity index is 1760. The summed E-state index contributed by atoms with van der Waals surface area (Å²) >= 11 is 12.4. The van der Waals surface area contributed by atoms with Crippen LogP contribution in [-0.4, -0.2) is 51.3 Å². The molecular formula is C32H25Cl2F3N4O. The average Bonchev–Trinajstić information content (AvgIpc) is 3.35. The third-order valence-electron chi connectivity index (χ3n) is 7.50. The van der Waals surface area contributed by atoms with Crippen LogP contribution in [0.2, 0.25) is 10.0 Å². The third kappa shape index (κ3) is 5.75. The Morgan fingerprint density at radius 3 is 2.24 bits per heavy atom. The lowest BCUT2D eigenvalue weighted by Crippen LogP contribution is -2.48. The summed E-state index contributed by atoms with van der Waals surface area (Å²) in [6, 6.07) is 23.4. The Balaban J connectivity index is 1.32. The third-order valence-corrected chi connectivity index (χ3v) is 8.08. The summed E-state index contributed by atoms with van der Waals surface area (Å²) in [6.45, 7) is 2.87.